The summed E-state index contributed by atoms with van der Waals surface area (Å²) in [6.45, 7) is 9.18. The van der Waals surface area contributed by atoms with Crippen LogP contribution in [0.5, 0.6) is 0 Å². The number of aromatic amines is 1. The largest absolute Gasteiger partial charge is 0.438 e. The van der Waals surface area contributed by atoms with Crippen LogP contribution in [0.4, 0.5) is 5.95 Å². The zero-order valence-corrected chi connectivity index (χ0v) is 28.1. The van der Waals surface area contributed by atoms with Crippen molar-refractivity contribution in [1.82, 2.24) is 23.9 Å². The van der Waals surface area contributed by atoms with Gasteiger partial charge in [-0.1, -0.05) is 28.7 Å². The zero-order chi connectivity index (χ0) is 33.9. The number of allylic oxidation sites excluding steroid dienone is 2. The number of carbonyl (C=O) groups excluding carboxylic acids is 2. The molecule has 248 valence electrons. The van der Waals surface area contributed by atoms with Crippen LogP contribution >= 0.6 is 19.2 Å². The van der Waals surface area contributed by atoms with E-state index in [2.05, 4.69) is 15.0 Å². The summed E-state index contributed by atoms with van der Waals surface area (Å²) in [4.78, 5) is 48.6. The summed E-state index contributed by atoms with van der Waals surface area (Å²) >= 11 is 6.10. The number of pyridine rings is 1. The number of nitrogens with two attached hydrogens (primary N) is 1. The maximum Gasteiger partial charge on any atom is 0.340 e. The third kappa shape index (κ3) is 8.81. The predicted molar refractivity (Wildman–Crippen MR) is 169 cm³/mol. The van der Waals surface area contributed by atoms with Crippen LogP contribution in [0.25, 0.3) is 16.8 Å². The Kier molecular flexibility index (Phi) is 10.4. The fraction of sp³-hybridized carbons (Fsp3) is 0.448. The van der Waals surface area contributed by atoms with Crippen molar-refractivity contribution >= 4 is 53.9 Å². The molecule has 0 aromatic carbocycles. The molecule has 15 nitrogen and oxygen atoms in total. The summed E-state index contributed by atoms with van der Waals surface area (Å²) in [6.07, 6.45) is 8.19. The number of H-pyrrole nitrogens is 1. The van der Waals surface area contributed by atoms with E-state index in [9.17, 15) is 18.9 Å². The van der Waals surface area contributed by atoms with E-state index in [1.807, 2.05) is 6.20 Å². The first-order valence-corrected chi connectivity index (χ1v) is 16.3. The van der Waals surface area contributed by atoms with Gasteiger partial charge in [0, 0.05) is 12.4 Å². The summed E-state index contributed by atoms with van der Waals surface area (Å²) in [7, 11) is -3.95. The lowest BCUT2D eigenvalue weighted by molar-refractivity contribution is -0.663. The monoisotopic (exact) mass is 678 g/mol. The molecule has 0 fully saturated rings. The van der Waals surface area contributed by atoms with E-state index >= 15 is 0 Å². The van der Waals surface area contributed by atoms with E-state index in [4.69, 9.17) is 35.9 Å². The maximum absolute atomic E-state index is 13.5. The zero-order valence-electron chi connectivity index (χ0n) is 26.5. The Morgan fingerprint density at radius 1 is 1.02 bits per heavy atom. The van der Waals surface area contributed by atoms with Crippen LogP contribution < -0.4 is 15.9 Å². The van der Waals surface area contributed by atoms with Crippen molar-refractivity contribution in [2.75, 3.05) is 25.5 Å². The van der Waals surface area contributed by atoms with E-state index in [1.165, 1.54) is 6.08 Å². The Labute approximate surface area is 269 Å². The van der Waals surface area contributed by atoms with Gasteiger partial charge in [-0.05, 0) is 53.7 Å². The first-order chi connectivity index (χ1) is 21.4. The number of esters is 2. The second-order valence-electron chi connectivity index (χ2n) is 12.5. The van der Waals surface area contributed by atoms with E-state index in [-0.39, 0.29) is 30.7 Å². The Hall–Kier alpha value is -4.04. The van der Waals surface area contributed by atoms with Gasteiger partial charge in [0.1, 0.15) is 12.2 Å². The summed E-state index contributed by atoms with van der Waals surface area (Å²) in [6, 6.07) is 3.52. The minimum absolute atomic E-state index is 0.0590. The highest BCUT2D eigenvalue weighted by molar-refractivity contribution is 7.54. The third-order valence-electron chi connectivity index (χ3n) is 6.43. The van der Waals surface area contributed by atoms with Crippen LogP contribution in [0, 0.1) is 10.8 Å². The molecule has 0 saturated heterocycles. The summed E-state index contributed by atoms with van der Waals surface area (Å²) in [5.74, 6) is -1.18. The summed E-state index contributed by atoms with van der Waals surface area (Å²) in [5.41, 5.74) is 5.77. The van der Waals surface area contributed by atoms with Crippen LogP contribution in [0.1, 0.15) is 47.2 Å². The Morgan fingerprint density at radius 3 is 2.26 bits per heavy atom. The van der Waals surface area contributed by atoms with Gasteiger partial charge in [-0.3, -0.25) is 33.0 Å². The van der Waals surface area contributed by atoms with Crippen LogP contribution in [-0.2, 0) is 45.8 Å². The molecule has 0 aliphatic carbocycles. The lowest BCUT2D eigenvalue weighted by Gasteiger charge is -2.21. The highest BCUT2D eigenvalue weighted by Crippen LogP contribution is 2.48. The number of fused-ring (bicyclic) bond motifs is 2. The lowest BCUT2D eigenvalue weighted by atomic mass is 9.98. The van der Waals surface area contributed by atoms with Gasteiger partial charge in [0.05, 0.1) is 34.3 Å². The molecular weight excluding hydrogens is 641 g/mol. The average Bonchev–Trinajstić information content (AvgIpc) is 3.50. The SMILES string of the molecule is CC(C)(C)C(=O)OCOP(=O)(C/C=C\C[n+]1cn(Cc2cn3cc(Cl)ccc3n2)c2c(=O)[nH]c(N)nc21)OCOC(=O)C(C)(C)C. The van der Waals surface area contributed by atoms with Crippen LogP contribution in [-0.4, -0.2) is 55.6 Å². The van der Waals surface area contributed by atoms with Gasteiger partial charge >= 0.3 is 25.2 Å². The fourth-order valence-electron chi connectivity index (χ4n) is 4.02. The van der Waals surface area contributed by atoms with Gasteiger partial charge in [0.2, 0.25) is 19.1 Å². The smallest absolute Gasteiger partial charge is 0.340 e. The maximum atomic E-state index is 13.5. The lowest BCUT2D eigenvalue weighted by Crippen LogP contribution is -2.32. The molecule has 0 amide bonds. The molecule has 0 radical (unpaired) electrons. The van der Waals surface area contributed by atoms with E-state index < -0.39 is 49.5 Å². The number of anilines is 1. The van der Waals surface area contributed by atoms with Crippen molar-refractivity contribution in [3.63, 3.8) is 0 Å². The molecule has 4 rings (SSSR count). The topological polar surface area (TPSA) is 186 Å². The second kappa shape index (κ2) is 13.8. The molecule has 0 aliphatic heterocycles. The predicted octanol–water partition coefficient (Wildman–Crippen LogP) is 3.82. The highest BCUT2D eigenvalue weighted by atomic mass is 35.5. The Balaban J connectivity index is 1.51. The molecule has 17 heteroatoms. The van der Waals surface area contributed by atoms with E-state index in [1.54, 1.807) is 85.8 Å². The van der Waals surface area contributed by atoms with Gasteiger partial charge in [-0.15, -0.1) is 0 Å². The van der Waals surface area contributed by atoms with Gasteiger partial charge in [0.15, 0.2) is 6.33 Å². The summed E-state index contributed by atoms with van der Waals surface area (Å²) < 4.78 is 39.6. The Morgan fingerprint density at radius 2 is 1.65 bits per heavy atom. The first-order valence-electron chi connectivity index (χ1n) is 14.2. The molecule has 0 spiro atoms. The number of aromatic nitrogens is 6. The number of ether oxygens (including phenoxy) is 2. The number of nitrogens with one attached hydrogen (secondary N) is 1. The quantitative estimate of drug-likeness (QED) is 0.0729. The number of hydrogen-bond donors (Lipinski definition) is 2. The fourth-order valence-corrected chi connectivity index (χ4v) is 5.31. The molecule has 0 atom stereocenters. The van der Waals surface area contributed by atoms with Crippen molar-refractivity contribution in [3.05, 3.63) is 64.1 Å². The molecule has 46 heavy (non-hydrogen) atoms. The number of rotatable bonds is 12. The van der Waals surface area contributed by atoms with Gasteiger partial charge in [-0.25, -0.2) is 14.1 Å². The minimum atomic E-state index is -3.95. The normalized spacial score (nSPS) is 12.8. The number of nitrogens with zero attached hydrogens (tertiary/aromatic N) is 5. The van der Waals surface area contributed by atoms with Crippen molar-refractivity contribution in [2.45, 2.75) is 54.6 Å². The molecule has 0 bridgehead atoms. The molecular formula is C29H38ClN7O8P+. The van der Waals surface area contributed by atoms with E-state index in [0.717, 1.165) is 0 Å². The molecule has 3 N–H and O–H groups in total. The minimum Gasteiger partial charge on any atom is -0.438 e. The second-order valence-corrected chi connectivity index (χ2v) is 15.0. The van der Waals surface area contributed by atoms with Crippen LogP contribution in [0.15, 0.2) is 47.8 Å². The molecule has 4 heterocycles. The number of carbonyl (C=O) groups is 2. The third-order valence-corrected chi connectivity index (χ3v) is 8.31. The summed E-state index contributed by atoms with van der Waals surface area (Å²) in [5, 5.41) is 0.556. The Bertz CT molecular complexity index is 1850. The molecule has 0 unspecified atom stereocenters. The molecule has 4 aromatic rings. The van der Waals surface area contributed by atoms with Gasteiger partial charge < -0.3 is 19.6 Å². The van der Waals surface area contributed by atoms with E-state index in [0.29, 0.717) is 22.0 Å². The standard InChI is InChI=1S/C29H37ClN7O8P/c1-28(2,3)25(39)42-17-44-46(41,45-18-43-26(40)29(4,5)6)12-8-7-11-35-16-37(22-23(35)33-27(31)34-24(22)38)15-20-14-36-13-19(30)9-10-21(36)32-20/h7-10,13-14,16H,11-12,15,17-18H2,1-6H3,(H2-,31,33,34,38)/p+1/b8-7-. The highest BCUT2D eigenvalue weighted by Gasteiger charge is 2.29. The van der Waals surface area contributed by atoms with Gasteiger partial charge in [-0.2, -0.15) is 0 Å². The molecule has 4 aromatic heterocycles. The number of imidazole rings is 2. The average molecular weight is 679 g/mol. The molecule has 0 aliphatic rings. The number of nitrogen functional groups attached to an aromatic ring is 1. The van der Waals surface area contributed by atoms with Crippen LogP contribution in [0.2, 0.25) is 5.02 Å². The number of halogens is 1. The van der Waals surface area contributed by atoms with Crippen LogP contribution in [0.3, 0.4) is 0 Å². The first kappa shape index (κ1) is 34.8. The van der Waals surface area contributed by atoms with Gasteiger partial charge in [0.25, 0.3) is 11.5 Å². The van der Waals surface area contributed by atoms with Crippen molar-refractivity contribution in [3.8, 4) is 0 Å². The van der Waals surface area contributed by atoms with Crippen molar-refractivity contribution in [1.29, 1.82) is 0 Å². The molecule has 0 saturated carbocycles. The van der Waals surface area contributed by atoms with Crippen molar-refractivity contribution in [2.24, 2.45) is 10.8 Å². The van der Waals surface area contributed by atoms with Crippen molar-refractivity contribution < 1.29 is 37.2 Å². The number of hydrogen-bond acceptors (Lipinski definition) is 11.